The van der Waals surface area contributed by atoms with E-state index in [1.165, 1.54) is 0 Å². The van der Waals surface area contributed by atoms with Gasteiger partial charge in [0.1, 0.15) is 17.3 Å². The Morgan fingerprint density at radius 3 is 2.43 bits per heavy atom. The van der Waals surface area contributed by atoms with Crippen LogP contribution in [0, 0.1) is 13.8 Å². The van der Waals surface area contributed by atoms with Crippen molar-refractivity contribution in [2.75, 3.05) is 5.32 Å². The number of benzene rings is 2. The maximum Gasteiger partial charge on any atom is 0.273 e. The monoisotopic (exact) mass is 374 g/mol. The summed E-state index contributed by atoms with van der Waals surface area (Å²) < 4.78 is 0. The van der Waals surface area contributed by atoms with Crippen LogP contribution in [0.1, 0.15) is 41.3 Å². The number of anilines is 2. The first-order chi connectivity index (χ1) is 13.4. The van der Waals surface area contributed by atoms with Gasteiger partial charge in [0.15, 0.2) is 0 Å². The van der Waals surface area contributed by atoms with E-state index >= 15 is 0 Å². The number of aromatic nitrogens is 2. The SMILES string of the molecule is Cc1cccc(Nc2cc(C(=O)N(Cc3ccccc3)C(C)C)nc(C)n2)c1. The van der Waals surface area contributed by atoms with Crippen molar-refractivity contribution in [3.63, 3.8) is 0 Å². The quantitative estimate of drug-likeness (QED) is 0.667. The molecule has 5 nitrogen and oxygen atoms in total. The van der Waals surface area contributed by atoms with Crippen molar-refractivity contribution in [3.8, 4) is 0 Å². The summed E-state index contributed by atoms with van der Waals surface area (Å²) >= 11 is 0. The van der Waals surface area contributed by atoms with Crippen LogP contribution in [0.4, 0.5) is 11.5 Å². The highest BCUT2D eigenvalue weighted by Crippen LogP contribution is 2.19. The minimum absolute atomic E-state index is 0.0520. The second-order valence-corrected chi connectivity index (χ2v) is 7.19. The van der Waals surface area contributed by atoms with Crippen molar-refractivity contribution in [1.82, 2.24) is 14.9 Å². The van der Waals surface area contributed by atoms with Crippen LogP contribution in [0.25, 0.3) is 0 Å². The second kappa shape index (κ2) is 8.65. The van der Waals surface area contributed by atoms with E-state index in [1.807, 2.05) is 80.3 Å². The first-order valence-corrected chi connectivity index (χ1v) is 9.46. The highest BCUT2D eigenvalue weighted by Gasteiger charge is 2.21. The maximum atomic E-state index is 13.2. The van der Waals surface area contributed by atoms with Gasteiger partial charge in [0, 0.05) is 24.3 Å². The van der Waals surface area contributed by atoms with Crippen LogP contribution in [0.3, 0.4) is 0 Å². The molecule has 3 aromatic rings. The van der Waals surface area contributed by atoms with Crippen molar-refractivity contribution < 1.29 is 4.79 Å². The molecule has 0 fully saturated rings. The summed E-state index contributed by atoms with van der Waals surface area (Å²) in [6, 6.07) is 19.8. The molecule has 28 heavy (non-hydrogen) atoms. The van der Waals surface area contributed by atoms with Gasteiger partial charge in [-0.05, 0) is 51.0 Å². The predicted octanol–water partition coefficient (Wildman–Crippen LogP) is 4.89. The van der Waals surface area contributed by atoms with Crippen LogP contribution < -0.4 is 5.32 Å². The zero-order valence-electron chi connectivity index (χ0n) is 16.8. The number of hydrogen-bond donors (Lipinski definition) is 1. The van der Waals surface area contributed by atoms with Crippen LogP contribution in [0.15, 0.2) is 60.7 Å². The number of nitrogens with one attached hydrogen (secondary N) is 1. The zero-order chi connectivity index (χ0) is 20.1. The first kappa shape index (κ1) is 19.5. The third-order valence-corrected chi connectivity index (χ3v) is 4.43. The summed E-state index contributed by atoms with van der Waals surface area (Å²) in [5, 5.41) is 3.28. The van der Waals surface area contributed by atoms with E-state index in [1.54, 1.807) is 13.0 Å². The highest BCUT2D eigenvalue weighted by atomic mass is 16.2. The molecule has 0 aliphatic rings. The Kier molecular flexibility index (Phi) is 6.04. The summed E-state index contributed by atoms with van der Waals surface area (Å²) in [6.07, 6.45) is 0. The van der Waals surface area contributed by atoms with Gasteiger partial charge in [0.2, 0.25) is 0 Å². The molecule has 1 N–H and O–H groups in total. The van der Waals surface area contributed by atoms with Gasteiger partial charge in [0.25, 0.3) is 5.91 Å². The molecular formula is C23H26N4O. The third kappa shape index (κ3) is 4.94. The fourth-order valence-electron chi connectivity index (χ4n) is 3.03. The van der Waals surface area contributed by atoms with Crippen LogP contribution in [0.5, 0.6) is 0 Å². The Hall–Kier alpha value is -3.21. The molecule has 0 saturated heterocycles. The standard InChI is InChI=1S/C23H26N4O/c1-16(2)27(15-19-10-6-5-7-11-19)23(28)21-14-22(25-18(4)24-21)26-20-12-8-9-17(3)13-20/h5-14,16H,15H2,1-4H3,(H,24,25,26). The molecule has 144 valence electrons. The van der Waals surface area contributed by atoms with E-state index in [0.717, 1.165) is 16.8 Å². The number of carbonyl (C=O) groups excluding carboxylic acids is 1. The lowest BCUT2D eigenvalue weighted by molar-refractivity contribution is 0.0684. The van der Waals surface area contributed by atoms with Crippen molar-refractivity contribution in [2.24, 2.45) is 0 Å². The highest BCUT2D eigenvalue weighted by molar-refractivity contribution is 5.93. The minimum Gasteiger partial charge on any atom is -0.340 e. The number of hydrogen-bond acceptors (Lipinski definition) is 4. The van der Waals surface area contributed by atoms with Crippen molar-refractivity contribution >= 4 is 17.4 Å². The average molecular weight is 374 g/mol. The predicted molar refractivity (Wildman–Crippen MR) is 113 cm³/mol. The number of amides is 1. The van der Waals surface area contributed by atoms with E-state index in [4.69, 9.17) is 0 Å². The van der Waals surface area contributed by atoms with Gasteiger partial charge >= 0.3 is 0 Å². The summed E-state index contributed by atoms with van der Waals surface area (Å²) in [6.45, 7) is 8.41. The molecule has 0 unspecified atom stereocenters. The molecule has 3 rings (SSSR count). The molecule has 2 aromatic carbocycles. The van der Waals surface area contributed by atoms with E-state index in [0.29, 0.717) is 23.9 Å². The van der Waals surface area contributed by atoms with Crippen molar-refractivity contribution in [2.45, 2.75) is 40.3 Å². The van der Waals surface area contributed by atoms with Gasteiger partial charge in [-0.25, -0.2) is 9.97 Å². The van der Waals surface area contributed by atoms with Crippen LogP contribution in [-0.2, 0) is 6.54 Å². The van der Waals surface area contributed by atoms with Gasteiger partial charge < -0.3 is 10.2 Å². The van der Waals surface area contributed by atoms with Gasteiger partial charge in [0.05, 0.1) is 0 Å². The lowest BCUT2D eigenvalue weighted by Gasteiger charge is -2.26. The molecule has 0 aliphatic carbocycles. The van der Waals surface area contributed by atoms with Gasteiger partial charge in [-0.15, -0.1) is 0 Å². The Morgan fingerprint density at radius 2 is 1.75 bits per heavy atom. The Morgan fingerprint density at radius 1 is 1.00 bits per heavy atom. The molecule has 1 amide bonds. The summed E-state index contributed by atoms with van der Waals surface area (Å²) in [4.78, 5) is 23.9. The summed E-state index contributed by atoms with van der Waals surface area (Å²) in [5.41, 5.74) is 3.57. The largest absolute Gasteiger partial charge is 0.340 e. The summed E-state index contributed by atoms with van der Waals surface area (Å²) in [5.74, 6) is 1.07. The van der Waals surface area contributed by atoms with Crippen LogP contribution in [-0.4, -0.2) is 26.8 Å². The van der Waals surface area contributed by atoms with E-state index in [-0.39, 0.29) is 11.9 Å². The minimum atomic E-state index is -0.100. The number of nitrogens with zero attached hydrogens (tertiary/aromatic N) is 3. The molecule has 0 spiro atoms. The molecule has 0 saturated carbocycles. The molecule has 5 heteroatoms. The second-order valence-electron chi connectivity index (χ2n) is 7.19. The lowest BCUT2D eigenvalue weighted by atomic mass is 10.1. The number of aryl methyl sites for hydroxylation is 2. The molecule has 0 aliphatic heterocycles. The molecule has 0 bridgehead atoms. The molecule has 1 aromatic heterocycles. The van der Waals surface area contributed by atoms with E-state index in [9.17, 15) is 4.79 Å². The molecular weight excluding hydrogens is 348 g/mol. The van der Waals surface area contributed by atoms with Gasteiger partial charge in [-0.2, -0.15) is 0 Å². The van der Waals surface area contributed by atoms with Crippen molar-refractivity contribution in [3.05, 3.63) is 83.3 Å². The fourth-order valence-corrected chi connectivity index (χ4v) is 3.03. The Balaban J connectivity index is 1.86. The van der Waals surface area contributed by atoms with Crippen molar-refractivity contribution in [1.29, 1.82) is 0 Å². The number of rotatable bonds is 6. The van der Waals surface area contributed by atoms with Gasteiger partial charge in [-0.1, -0.05) is 42.5 Å². The maximum absolute atomic E-state index is 13.2. The summed E-state index contributed by atoms with van der Waals surface area (Å²) in [7, 11) is 0. The topological polar surface area (TPSA) is 58.1 Å². The van der Waals surface area contributed by atoms with E-state index < -0.39 is 0 Å². The van der Waals surface area contributed by atoms with E-state index in [2.05, 4.69) is 15.3 Å². The fraction of sp³-hybridized carbons (Fsp3) is 0.261. The normalized spacial score (nSPS) is 10.8. The third-order valence-electron chi connectivity index (χ3n) is 4.43. The zero-order valence-corrected chi connectivity index (χ0v) is 16.8. The van der Waals surface area contributed by atoms with Gasteiger partial charge in [-0.3, -0.25) is 4.79 Å². The number of carbonyl (C=O) groups is 1. The Bertz CT molecular complexity index is 954. The average Bonchev–Trinajstić information content (AvgIpc) is 2.66. The van der Waals surface area contributed by atoms with Crippen LogP contribution in [0.2, 0.25) is 0 Å². The first-order valence-electron chi connectivity index (χ1n) is 9.46. The molecule has 0 radical (unpaired) electrons. The molecule has 0 atom stereocenters. The molecule has 1 heterocycles. The van der Waals surface area contributed by atoms with Crippen LogP contribution >= 0.6 is 0 Å². The Labute approximate surface area is 166 Å². The lowest BCUT2D eigenvalue weighted by Crippen LogP contribution is -2.37. The smallest absolute Gasteiger partial charge is 0.273 e.